The van der Waals surface area contributed by atoms with Gasteiger partial charge in [0, 0.05) is 0 Å². The van der Waals surface area contributed by atoms with Crippen LogP contribution in [0.5, 0.6) is 0 Å². The molecule has 0 aliphatic heterocycles. The van der Waals surface area contributed by atoms with Crippen LogP contribution in [0.25, 0.3) is 0 Å². The molecule has 1 unspecified atom stereocenters. The Hall–Kier alpha value is -0.0700. The van der Waals surface area contributed by atoms with Gasteiger partial charge in [-0.05, 0) is 5.41 Å². The van der Waals surface area contributed by atoms with E-state index in [9.17, 15) is 0 Å². The number of hydrogen-bond acceptors (Lipinski definition) is 2. The molecule has 3 heteroatoms. The lowest BCUT2D eigenvalue weighted by Gasteiger charge is -1.87. The molecule has 0 aliphatic rings. The third-order valence-corrected chi connectivity index (χ3v) is 1.58. The molecule has 34 valence electrons. The first-order chi connectivity index (χ1) is 2.81. The highest BCUT2D eigenvalue weighted by atomic mass is 33.1. The van der Waals surface area contributed by atoms with Crippen molar-refractivity contribution in [1.29, 1.82) is 5.26 Å². The van der Waals surface area contributed by atoms with E-state index in [4.69, 9.17) is 5.26 Å². The van der Waals surface area contributed by atoms with E-state index in [-0.39, 0.29) is 0 Å². The highest BCUT2D eigenvalue weighted by Gasteiger charge is 1.77. The fraction of sp³-hybridized carbons (Fsp3) is 0. The van der Waals surface area contributed by atoms with Crippen molar-refractivity contribution in [3.05, 3.63) is 12.0 Å². The van der Waals surface area contributed by atoms with E-state index in [2.05, 4.69) is 18.2 Å². The fourth-order valence-corrected chi connectivity index (χ4v) is 0.122. The fourth-order valence-electron chi connectivity index (χ4n) is 0.0408. The van der Waals surface area contributed by atoms with Gasteiger partial charge in [-0.25, -0.2) is 0 Å². The SMILES string of the molecule is C=C[SH](S)C#N. The monoisotopic (exact) mass is 119 g/mol. The Morgan fingerprint density at radius 3 is 2.50 bits per heavy atom. The molecule has 6 heavy (non-hydrogen) atoms. The van der Waals surface area contributed by atoms with Gasteiger partial charge in [0.05, 0.1) is 0 Å². The van der Waals surface area contributed by atoms with Crippen LogP contribution in [0.2, 0.25) is 0 Å². The molecular formula is C3H5NS2. The van der Waals surface area contributed by atoms with Crippen LogP contribution in [0.15, 0.2) is 12.0 Å². The lowest BCUT2D eigenvalue weighted by Crippen LogP contribution is -1.44. The minimum Gasteiger partial charge on any atom is -0.186 e. The highest BCUT2D eigenvalue weighted by Crippen LogP contribution is 2.27. The lowest BCUT2D eigenvalue weighted by atomic mass is 11.3. The third-order valence-electron chi connectivity index (χ3n) is 0.275. The van der Waals surface area contributed by atoms with Crippen LogP contribution in [0.3, 0.4) is 0 Å². The maximum absolute atomic E-state index is 7.97. The quantitative estimate of drug-likeness (QED) is 0.305. The summed E-state index contributed by atoms with van der Waals surface area (Å²) in [6.07, 6.45) is 0. The molecule has 0 aliphatic carbocycles. The average molecular weight is 119 g/mol. The Morgan fingerprint density at radius 1 is 2.00 bits per heavy atom. The van der Waals surface area contributed by atoms with Gasteiger partial charge in [0.25, 0.3) is 0 Å². The third kappa shape index (κ3) is 2.18. The summed E-state index contributed by atoms with van der Waals surface area (Å²) in [5.74, 6) is 0. The Bertz CT molecular complexity index is 83.3. The van der Waals surface area contributed by atoms with E-state index in [1.807, 2.05) is 5.40 Å². The summed E-state index contributed by atoms with van der Waals surface area (Å²) in [7, 11) is -0.812. The molecule has 0 heterocycles. The molecule has 0 aromatic heterocycles. The molecule has 1 nitrogen and oxygen atoms in total. The lowest BCUT2D eigenvalue weighted by molar-refractivity contribution is 1.57. The van der Waals surface area contributed by atoms with Gasteiger partial charge in [0.2, 0.25) is 0 Å². The van der Waals surface area contributed by atoms with E-state index in [1.165, 1.54) is 0 Å². The zero-order chi connectivity index (χ0) is 4.99. The number of rotatable bonds is 1. The Kier molecular flexibility index (Phi) is 3.10. The molecule has 0 spiro atoms. The smallest absolute Gasteiger partial charge is 0.123 e. The summed E-state index contributed by atoms with van der Waals surface area (Å²) in [5, 5.41) is 11.4. The number of thiocyanates is 1. The second kappa shape index (κ2) is 3.13. The molecule has 0 fully saturated rings. The summed E-state index contributed by atoms with van der Waals surface area (Å²) in [6, 6.07) is 0. The molecule has 0 N–H and O–H groups in total. The number of nitrogens with zero attached hydrogens (tertiary/aromatic N) is 1. The molecule has 0 amide bonds. The summed E-state index contributed by atoms with van der Waals surface area (Å²) in [5.41, 5.74) is 0. The molecule has 0 saturated carbocycles. The number of hydrogen-bond donors (Lipinski definition) is 2. The van der Waals surface area contributed by atoms with Crippen LogP contribution in [-0.4, -0.2) is 0 Å². The second-order valence-corrected chi connectivity index (χ2v) is 3.17. The first-order valence-electron chi connectivity index (χ1n) is 1.31. The second-order valence-electron chi connectivity index (χ2n) is 0.627. The Morgan fingerprint density at radius 2 is 2.50 bits per heavy atom. The van der Waals surface area contributed by atoms with Gasteiger partial charge in [-0.3, -0.25) is 0 Å². The highest BCUT2D eigenvalue weighted by molar-refractivity contribution is 8.81. The molecule has 0 saturated heterocycles. The van der Waals surface area contributed by atoms with E-state index in [0.717, 1.165) is 0 Å². The van der Waals surface area contributed by atoms with Gasteiger partial charge in [-0.2, -0.15) is 5.26 Å². The van der Waals surface area contributed by atoms with Gasteiger partial charge in [0.15, 0.2) is 0 Å². The molecule has 0 aromatic carbocycles. The average Bonchev–Trinajstić information content (AvgIpc) is 1.65. The standard InChI is InChI=1S/C3H5NS2/c1-2-6(5)3-4/h2,5-6H,1H2. The number of nitriles is 1. The van der Waals surface area contributed by atoms with E-state index < -0.39 is 9.93 Å². The first-order valence-corrected chi connectivity index (χ1v) is 3.88. The van der Waals surface area contributed by atoms with Gasteiger partial charge >= 0.3 is 0 Å². The summed E-state index contributed by atoms with van der Waals surface area (Å²) >= 11 is 3.82. The van der Waals surface area contributed by atoms with Crippen molar-refractivity contribution in [3.8, 4) is 5.40 Å². The minimum atomic E-state index is -0.812. The minimum absolute atomic E-state index is 0.812. The zero-order valence-corrected chi connectivity index (χ0v) is 4.91. The van der Waals surface area contributed by atoms with Crippen molar-refractivity contribution in [1.82, 2.24) is 0 Å². The summed E-state index contributed by atoms with van der Waals surface area (Å²) < 4.78 is 0. The van der Waals surface area contributed by atoms with Gasteiger partial charge in [-0.15, -0.1) is 11.7 Å². The largest absolute Gasteiger partial charge is 0.186 e. The summed E-state index contributed by atoms with van der Waals surface area (Å²) in [4.78, 5) is 0. The van der Waals surface area contributed by atoms with Crippen LogP contribution >= 0.6 is 21.6 Å². The van der Waals surface area contributed by atoms with Crippen molar-refractivity contribution in [3.63, 3.8) is 0 Å². The predicted octanol–water partition coefficient (Wildman–Crippen LogP) is 1.46. The zero-order valence-electron chi connectivity index (χ0n) is 3.13. The molecule has 0 bridgehead atoms. The maximum atomic E-state index is 7.97. The van der Waals surface area contributed by atoms with Crippen molar-refractivity contribution in [2.75, 3.05) is 0 Å². The predicted molar refractivity (Wildman–Crippen MR) is 33.8 cm³/mol. The normalized spacial score (nSPS) is 15.0. The van der Waals surface area contributed by atoms with Crippen molar-refractivity contribution >= 4 is 21.6 Å². The topological polar surface area (TPSA) is 23.8 Å². The van der Waals surface area contributed by atoms with Crippen LogP contribution in [0.4, 0.5) is 0 Å². The van der Waals surface area contributed by atoms with Crippen LogP contribution in [-0.2, 0) is 0 Å². The van der Waals surface area contributed by atoms with Crippen LogP contribution in [0, 0.1) is 10.7 Å². The first kappa shape index (κ1) is 5.93. The molecule has 0 rings (SSSR count). The van der Waals surface area contributed by atoms with E-state index in [0.29, 0.717) is 0 Å². The Labute approximate surface area is 44.8 Å². The molecule has 0 aromatic rings. The summed E-state index contributed by atoms with van der Waals surface area (Å²) in [6.45, 7) is 3.36. The number of thiol groups is 2. The van der Waals surface area contributed by atoms with Crippen LogP contribution < -0.4 is 0 Å². The van der Waals surface area contributed by atoms with Gasteiger partial charge < -0.3 is 0 Å². The molecule has 1 atom stereocenters. The van der Waals surface area contributed by atoms with E-state index in [1.54, 1.807) is 5.41 Å². The van der Waals surface area contributed by atoms with Crippen molar-refractivity contribution in [2.24, 2.45) is 0 Å². The van der Waals surface area contributed by atoms with Gasteiger partial charge in [0.1, 0.15) is 5.40 Å². The molecule has 0 radical (unpaired) electrons. The van der Waals surface area contributed by atoms with E-state index >= 15 is 0 Å². The molecular weight excluding hydrogens is 114 g/mol. The van der Waals surface area contributed by atoms with Crippen LogP contribution in [0.1, 0.15) is 0 Å². The van der Waals surface area contributed by atoms with Gasteiger partial charge in [-0.1, -0.05) is 16.5 Å². The Balaban J connectivity index is 3.30. The van der Waals surface area contributed by atoms with Crippen molar-refractivity contribution in [2.45, 2.75) is 0 Å². The maximum Gasteiger partial charge on any atom is 0.123 e. The van der Waals surface area contributed by atoms with Crippen molar-refractivity contribution < 1.29 is 0 Å².